The molecular formula is C4H7N3O3S. The summed E-state index contributed by atoms with van der Waals surface area (Å²) in [4.78, 5) is 10.1. The zero-order valence-corrected chi connectivity index (χ0v) is 6.38. The quantitative estimate of drug-likeness (QED) is 0.331. The summed E-state index contributed by atoms with van der Waals surface area (Å²) in [6.07, 6.45) is 0.0221. The molecule has 0 amide bonds. The van der Waals surface area contributed by atoms with Gasteiger partial charge in [-0.05, 0) is 0 Å². The molecule has 0 saturated heterocycles. The molecule has 1 atom stereocenters. The minimum absolute atomic E-state index is 0.160. The maximum absolute atomic E-state index is 10.2. The highest BCUT2D eigenvalue weighted by atomic mass is 32.2. The Labute approximate surface area is 64.6 Å². The average Bonchev–Trinajstić information content (AvgIpc) is 2.34. The predicted molar refractivity (Wildman–Crippen MR) is 38.7 cm³/mol. The van der Waals surface area contributed by atoms with E-state index in [1.807, 2.05) is 0 Å². The molecule has 1 aliphatic rings. The van der Waals surface area contributed by atoms with E-state index in [2.05, 4.69) is 15.8 Å². The molecular weight excluding hydrogens is 170 g/mol. The van der Waals surface area contributed by atoms with E-state index in [4.69, 9.17) is 0 Å². The van der Waals surface area contributed by atoms with Crippen molar-refractivity contribution in [1.29, 1.82) is 0 Å². The molecule has 0 aromatic heterocycles. The van der Waals surface area contributed by atoms with Gasteiger partial charge in [-0.1, -0.05) is 0 Å². The second kappa shape index (κ2) is 3.33. The number of rotatable bonds is 3. The van der Waals surface area contributed by atoms with Gasteiger partial charge in [-0.3, -0.25) is 10.2 Å². The van der Waals surface area contributed by atoms with Crippen LogP contribution in [0, 0.1) is 0 Å². The summed E-state index contributed by atoms with van der Waals surface area (Å²) < 4.78 is 20.3. The standard InChI is InChI=1S/C4H7N3O3S/c8-1-3-5-4(7-6-3)2-11(9)10/h1,3,6,11H,2H2,(H,5,7). The highest BCUT2D eigenvalue weighted by Gasteiger charge is 2.15. The third-order valence-electron chi connectivity index (χ3n) is 1.08. The summed E-state index contributed by atoms with van der Waals surface area (Å²) in [7, 11) is -2.48. The Kier molecular flexibility index (Phi) is 2.42. The molecule has 0 saturated carbocycles. The van der Waals surface area contributed by atoms with Gasteiger partial charge in [0.05, 0.1) is 0 Å². The summed E-state index contributed by atoms with van der Waals surface area (Å²) in [5, 5.41) is 6.13. The largest absolute Gasteiger partial charge is 0.344 e. The molecule has 7 heteroatoms. The lowest BCUT2D eigenvalue weighted by Crippen LogP contribution is -2.37. The van der Waals surface area contributed by atoms with Gasteiger partial charge in [0.25, 0.3) is 0 Å². The number of nitrogens with one attached hydrogen (secondary N) is 2. The van der Waals surface area contributed by atoms with Gasteiger partial charge in [-0.25, -0.2) is 8.42 Å². The molecule has 6 nitrogen and oxygen atoms in total. The first kappa shape index (κ1) is 7.99. The summed E-state index contributed by atoms with van der Waals surface area (Å²) in [6.45, 7) is 0. The van der Waals surface area contributed by atoms with Crippen LogP contribution in [0.5, 0.6) is 0 Å². The smallest absolute Gasteiger partial charge is 0.170 e. The van der Waals surface area contributed by atoms with Crippen molar-refractivity contribution in [2.24, 2.45) is 5.10 Å². The van der Waals surface area contributed by atoms with Crippen LogP contribution < -0.4 is 10.7 Å². The van der Waals surface area contributed by atoms with Crippen molar-refractivity contribution in [2.45, 2.75) is 6.17 Å². The number of carbonyl (C=O) groups is 1. The number of carbonyl (C=O) groups excluding carboxylic acids is 1. The Balaban J connectivity index is 2.46. The lowest BCUT2D eigenvalue weighted by Gasteiger charge is -1.99. The molecule has 2 N–H and O–H groups in total. The van der Waals surface area contributed by atoms with Crippen molar-refractivity contribution in [1.82, 2.24) is 10.7 Å². The van der Waals surface area contributed by atoms with Crippen LogP contribution in [-0.4, -0.2) is 32.5 Å². The van der Waals surface area contributed by atoms with E-state index >= 15 is 0 Å². The van der Waals surface area contributed by atoms with Crippen LogP contribution in [-0.2, 0) is 15.5 Å². The molecule has 0 radical (unpaired) electrons. The first-order valence-electron chi connectivity index (χ1n) is 2.88. The van der Waals surface area contributed by atoms with Gasteiger partial charge in [0.1, 0.15) is 22.3 Å². The monoisotopic (exact) mass is 177 g/mol. The zero-order valence-electron chi connectivity index (χ0n) is 5.48. The Morgan fingerprint density at radius 1 is 1.64 bits per heavy atom. The van der Waals surface area contributed by atoms with Crippen LogP contribution in [0.1, 0.15) is 0 Å². The molecule has 62 valence electrons. The number of hydrazone groups is 1. The highest BCUT2D eigenvalue weighted by molar-refractivity contribution is 7.73. The van der Waals surface area contributed by atoms with Crippen LogP contribution in [0.2, 0.25) is 0 Å². The average molecular weight is 177 g/mol. The van der Waals surface area contributed by atoms with Crippen molar-refractivity contribution in [2.75, 3.05) is 5.75 Å². The molecule has 1 aliphatic heterocycles. The molecule has 11 heavy (non-hydrogen) atoms. The third-order valence-corrected chi connectivity index (χ3v) is 1.63. The van der Waals surface area contributed by atoms with Crippen molar-refractivity contribution in [3.63, 3.8) is 0 Å². The van der Waals surface area contributed by atoms with Gasteiger partial charge in [0.15, 0.2) is 12.5 Å². The molecule has 0 bridgehead atoms. The minimum Gasteiger partial charge on any atom is -0.344 e. The van der Waals surface area contributed by atoms with Gasteiger partial charge in [0.2, 0.25) is 0 Å². The van der Waals surface area contributed by atoms with Gasteiger partial charge < -0.3 is 5.32 Å². The SMILES string of the molecule is O=CC1NN=C(C[SH](=O)=O)N1. The third kappa shape index (κ3) is 2.19. The Morgan fingerprint density at radius 2 is 2.36 bits per heavy atom. The topological polar surface area (TPSA) is 87.6 Å². The van der Waals surface area contributed by atoms with E-state index in [0.29, 0.717) is 6.29 Å². The van der Waals surface area contributed by atoms with E-state index in [1.54, 1.807) is 0 Å². The molecule has 0 aromatic rings. The normalized spacial score (nSPS) is 22.3. The van der Waals surface area contributed by atoms with Crippen LogP contribution in [0.25, 0.3) is 0 Å². The number of nitrogens with zero attached hydrogens (tertiary/aromatic N) is 1. The Morgan fingerprint density at radius 3 is 2.82 bits per heavy atom. The Bertz CT molecular complexity index is 251. The van der Waals surface area contributed by atoms with Crippen LogP contribution >= 0.6 is 0 Å². The summed E-state index contributed by atoms with van der Waals surface area (Å²) in [5.74, 6) is 0.116. The number of amidine groups is 1. The summed E-state index contributed by atoms with van der Waals surface area (Å²) >= 11 is 0. The van der Waals surface area contributed by atoms with Crippen LogP contribution in [0.3, 0.4) is 0 Å². The second-order valence-corrected chi connectivity index (χ2v) is 2.92. The molecule has 0 fully saturated rings. The molecule has 1 rings (SSSR count). The molecule has 0 spiro atoms. The van der Waals surface area contributed by atoms with Crippen LogP contribution in [0.4, 0.5) is 0 Å². The maximum atomic E-state index is 10.2. The van der Waals surface area contributed by atoms with Crippen molar-refractivity contribution in [3.8, 4) is 0 Å². The lowest BCUT2D eigenvalue weighted by molar-refractivity contribution is -0.109. The molecule has 0 aromatic carbocycles. The van der Waals surface area contributed by atoms with E-state index < -0.39 is 16.9 Å². The van der Waals surface area contributed by atoms with E-state index in [-0.39, 0.29) is 11.6 Å². The fraction of sp³-hybridized carbons (Fsp3) is 0.500. The number of thiol groups is 1. The van der Waals surface area contributed by atoms with E-state index in [0.717, 1.165) is 0 Å². The first-order chi connectivity index (χ1) is 5.22. The minimum atomic E-state index is -2.48. The van der Waals surface area contributed by atoms with Gasteiger partial charge in [-0.2, -0.15) is 5.10 Å². The predicted octanol–water partition coefficient (Wildman–Crippen LogP) is -2.37. The van der Waals surface area contributed by atoms with E-state index in [1.165, 1.54) is 0 Å². The molecule has 0 aliphatic carbocycles. The maximum Gasteiger partial charge on any atom is 0.170 e. The van der Waals surface area contributed by atoms with Crippen LogP contribution in [0.15, 0.2) is 5.10 Å². The number of hydrogen-bond donors (Lipinski definition) is 3. The second-order valence-electron chi connectivity index (χ2n) is 1.94. The summed E-state index contributed by atoms with van der Waals surface area (Å²) in [5.41, 5.74) is 2.40. The van der Waals surface area contributed by atoms with Crippen molar-refractivity contribution >= 4 is 22.8 Å². The van der Waals surface area contributed by atoms with Gasteiger partial charge in [0, 0.05) is 0 Å². The highest BCUT2D eigenvalue weighted by Crippen LogP contribution is 1.85. The molecule has 1 unspecified atom stereocenters. The van der Waals surface area contributed by atoms with Gasteiger partial charge >= 0.3 is 0 Å². The number of aldehydes is 1. The van der Waals surface area contributed by atoms with E-state index in [9.17, 15) is 13.2 Å². The number of hydrogen-bond acceptors (Lipinski definition) is 6. The lowest BCUT2D eigenvalue weighted by atomic mass is 10.5. The summed E-state index contributed by atoms with van der Waals surface area (Å²) in [6, 6.07) is 0. The Hall–Kier alpha value is -1.11. The van der Waals surface area contributed by atoms with Crippen molar-refractivity contribution < 1.29 is 13.2 Å². The first-order valence-corrected chi connectivity index (χ1v) is 4.24. The molecule has 1 heterocycles. The fourth-order valence-electron chi connectivity index (χ4n) is 0.659. The zero-order chi connectivity index (χ0) is 8.27. The fourth-order valence-corrected chi connectivity index (χ4v) is 1.07. The van der Waals surface area contributed by atoms with Gasteiger partial charge in [-0.15, -0.1) is 0 Å². The van der Waals surface area contributed by atoms with Crippen molar-refractivity contribution in [3.05, 3.63) is 0 Å².